The highest BCUT2D eigenvalue weighted by atomic mass is 32.2. The largest absolute Gasteiger partial charge is 0.444 e. The van der Waals surface area contributed by atoms with E-state index in [4.69, 9.17) is 4.74 Å². The molecule has 3 aliphatic heterocycles. The van der Waals surface area contributed by atoms with Crippen LogP contribution in [-0.4, -0.2) is 116 Å². The number of carbonyl (C=O) groups excluding carboxylic acids is 2. The van der Waals surface area contributed by atoms with Gasteiger partial charge in [0.2, 0.25) is 10.0 Å². The van der Waals surface area contributed by atoms with Crippen LogP contribution in [0.4, 0.5) is 4.79 Å². The monoisotopic (exact) mass is 616 g/mol. The molecule has 2 amide bonds. The molecule has 4 heterocycles. The highest BCUT2D eigenvalue weighted by Crippen LogP contribution is 2.36. The number of aromatic nitrogens is 1. The van der Waals surface area contributed by atoms with Gasteiger partial charge in [-0.3, -0.25) is 19.4 Å². The topological polar surface area (TPSA) is 133 Å². The molecule has 2 aromatic rings. The Bertz CT molecular complexity index is 1490. The van der Waals surface area contributed by atoms with Crippen LogP contribution in [0.5, 0.6) is 0 Å². The van der Waals surface area contributed by atoms with Gasteiger partial charge < -0.3 is 19.9 Å². The van der Waals surface area contributed by atoms with Gasteiger partial charge in [-0.05, 0) is 57.0 Å². The number of carbonyl (C=O) groups is 2. The first-order chi connectivity index (χ1) is 20.4. The molecule has 1 aromatic carbocycles. The number of sulfonamides is 1. The third-order valence-corrected chi connectivity index (χ3v) is 10.4. The number of para-hydroxylation sites is 1. The van der Waals surface area contributed by atoms with Crippen LogP contribution < -0.4 is 16.2 Å². The van der Waals surface area contributed by atoms with Gasteiger partial charge in [0.1, 0.15) is 11.7 Å². The summed E-state index contributed by atoms with van der Waals surface area (Å²) in [5, 5.41) is 6.57. The molecule has 2 bridgehead atoms. The van der Waals surface area contributed by atoms with E-state index in [0.29, 0.717) is 39.3 Å². The van der Waals surface area contributed by atoms with Gasteiger partial charge in [-0.1, -0.05) is 18.2 Å². The van der Waals surface area contributed by atoms with Gasteiger partial charge in [0.05, 0.1) is 11.8 Å². The van der Waals surface area contributed by atoms with E-state index in [9.17, 15) is 22.8 Å². The summed E-state index contributed by atoms with van der Waals surface area (Å²) >= 11 is 0. The van der Waals surface area contributed by atoms with Crippen LogP contribution in [0.15, 0.2) is 35.1 Å². The first-order valence-corrected chi connectivity index (χ1v) is 17.1. The Morgan fingerprint density at radius 3 is 2.28 bits per heavy atom. The van der Waals surface area contributed by atoms with Crippen LogP contribution in [0.1, 0.15) is 55.9 Å². The first-order valence-electron chi connectivity index (χ1n) is 15.2. The van der Waals surface area contributed by atoms with Gasteiger partial charge in [0.15, 0.2) is 0 Å². The molecule has 3 fully saturated rings. The van der Waals surface area contributed by atoms with E-state index < -0.39 is 16.1 Å². The van der Waals surface area contributed by atoms with Crippen LogP contribution >= 0.6 is 0 Å². The van der Waals surface area contributed by atoms with E-state index in [-0.39, 0.29) is 47.3 Å². The zero-order chi connectivity index (χ0) is 30.9. The van der Waals surface area contributed by atoms with E-state index >= 15 is 0 Å². The summed E-state index contributed by atoms with van der Waals surface area (Å²) in [6.45, 7) is 6.97. The van der Waals surface area contributed by atoms with Crippen LogP contribution in [0.3, 0.4) is 0 Å². The van der Waals surface area contributed by atoms with E-state index in [1.54, 1.807) is 10.6 Å². The molecule has 3 aliphatic rings. The quantitative estimate of drug-likeness (QED) is 0.434. The highest BCUT2D eigenvalue weighted by Gasteiger charge is 2.43. The number of fused-ring (bicyclic) bond motifs is 3. The Labute approximate surface area is 253 Å². The van der Waals surface area contributed by atoms with Gasteiger partial charge >= 0.3 is 6.09 Å². The SMILES string of the molecule is CNC(=O)O[C@H](CN1CCN(S(C)(=O)=O)CC1)CN1C2CCC1CC(NC(=O)c1cc3ccccc3n(C(C)C)c1=O)C2. The summed E-state index contributed by atoms with van der Waals surface area (Å²) in [6, 6.07) is 9.65. The molecule has 0 saturated carbocycles. The zero-order valence-corrected chi connectivity index (χ0v) is 26.3. The number of ether oxygens (including phenoxy) is 1. The lowest BCUT2D eigenvalue weighted by Crippen LogP contribution is -2.55. The summed E-state index contributed by atoms with van der Waals surface area (Å²) in [5.41, 5.74) is 0.701. The summed E-state index contributed by atoms with van der Waals surface area (Å²) in [7, 11) is -1.69. The molecule has 12 nitrogen and oxygen atoms in total. The Balaban J connectivity index is 1.24. The van der Waals surface area contributed by atoms with E-state index in [0.717, 1.165) is 36.6 Å². The molecule has 13 heteroatoms. The molecule has 0 radical (unpaired) electrons. The summed E-state index contributed by atoms with van der Waals surface area (Å²) in [6.07, 6.45) is 3.86. The lowest BCUT2D eigenvalue weighted by molar-refractivity contribution is 0.0142. The Hall–Kier alpha value is -3.00. The molecule has 3 atom stereocenters. The molecular formula is C30H44N6O6S. The Morgan fingerprint density at radius 2 is 1.67 bits per heavy atom. The normalized spacial score (nSPS) is 24.3. The van der Waals surface area contributed by atoms with Crippen molar-refractivity contribution in [3.8, 4) is 0 Å². The second kappa shape index (κ2) is 12.9. The number of nitrogens with one attached hydrogen (secondary N) is 2. The predicted molar refractivity (Wildman–Crippen MR) is 165 cm³/mol. The lowest BCUT2D eigenvalue weighted by Gasteiger charge is -2.41. The van der Waals surface area contributed by atoms with Crippen molar-refractivity contribution >= 4 is 32.9 Å². The number of alkyl carbamates (subject to hydrolysis) is 1. The number of pyridine rings is 1. The molecule has 0 spiro atoms. The van der Waals surface area contributed by atoms with Gasteiger partial charge in [0.25, 0.3) is 11.5 Å². The van der Waals surface area contributed by atoms with Crippen molar-refractivity contribution in [3.05, 3.63) is 46.2 Å². The molecule has 0 aliphatic carbocycles. The molecule has 3 saturated heterocycles. The van der Waals surface area contributed by atoms with Crippen molar-refractivity contribution < 1.29 is 22.7 Å². The molecular weight excluding hydrogens is 572 g/mol. The number of nitrogens with zero attached hydrogens (tertiary/aromatic N) is 4. The van der Waals surface area contributed by atoms with Crippen molar-refractivity contribution in [1.82, 2.24) is 29.3 Å². The third-order valence-electron chi connectivity index (χ3n) is 9.08. The number of piperidine rings is 1. The maximum Gasteiger partial charge on any atom is 0.407 e. The summed E-state index contributed by atoms with van der Waals surface area (Å²) in [4.78, 5) is 43.6. The smallest absolute Gasteiger partial charge is 0.407 e. The number of benzene rings is 1. The van der Waals surface area contributed by atoms with Crippen LogP contribution in [0.2, 0.25) is 0 Å². The molecule has 236 valence electrons. The fourth-order valence-electron chi connectivity index (χ4n) is 7.02. The van der Waals surface area contributed by atoms with Crippen molar-refractivity contribution in [2.75, 3.05) is 52.6 Å². The number of amides is 2. The van der Waals surface area contributed by atoms with Gasteiger partial charge in [-0.2, -0.15) is 4.31 Å². The Kier molecular flexibility index (Phi) is 9.45. The molecule has 2 N–H and O–H groups in total. The molecule has 43 heavy (non-hydrogen) atoms. The van der Waals surface area contributed by atoms with Crippen molar-refractivity contribution in [1.29, 1.82) is 0 Å². The first kappa shape index (κ1) is 31.4. The van der Waals surface area contributed by atoms with E-state index in [1.165, 1.54) is 17.6 Å². The summed E-state index contributed by atoms with van der Waals surface area (Å²) < 4.78 is 32.8. The second-order valence-electron chi connectivity index (χ2n) is 12.3. The number of hydrogen-bond acceptors (Lipinski definition) is 8. The third kappa shape index (κ3) is 7.05. The highest BCUT2D eigenvalue weighted by molar-refractivity contribution is 7.88. The molecule has 2 unspecified atom stereocenters. The number of piperazine rings is 1. The van der Waals surface area contributed by atoms with E-state index in [1.807, 2.05) is 38.1 Å². The Morgan fingerprint density at radius 1 is 1.02 bits per heavy atom. The van der Waals surface area contributed by atoms with Crippen molar-refractivity contribution in [2.24, 2.45) is 0 Å². The lowest BCUT2D eigenvalue weighted by atomic mass is 9.96. The number of rotatable bonds is 9. The average molecular weight is 617 g/mol. The minimum absolute atomic E-state index is 0.0537. The molecule has 5 rings (SSSR count). The second-order valence-corrected chi connectivity index (χ2v) is 14.3. The van der Waals surface area contributed by atoms with Gasteiger partial charge in [0, 0.05) is 70.5 Å². The molecule has 1 aromatic heterocycles. The maximum atomic E-state index is 13.5. The van der Waals surface area contributed by atoms with Gasteiger partial charge in [-0.15, -0.1) is 0 Å². The van der Waals surface area contributed by atoms with Gasteiger partial charge in [-0.25, -0.2) is 13.2 Å². The average Bonchev–Trinajstić information content (AvgIpc) is 3.18. The van der Waals surface area contributed by atoms with Crippen LogP contribution in [-0.2, 0) is 14.8 Å². The summed E-state index contributed by atoms with van der Waals surface area (Å²) in [5.74, 6) is -0.336. The fourth-order valence-corrected chi connectivity index (χ4v) is 7.85. The minimum atomic E-state index is -3.23. The fraction of sp³-hybridized carbons (Fsp3) is 0.633. The maximum absolute atomic E-state index is 13.5. The van der Waals surface area contributed by atoms with E-state index in [2.05, 4.69) is 20.4 Å². The predicted octanol–water partition coefficient (Wildman–Crippen LogP) is 1.61. The minimum Gasteiger partial charge on any atom is -0.444 e. The van der Waals surface area contributed by atoms with Crippen LogP contribution in [0, 0.1) is 0 Å². The van der Waals surface area contributed by atoms with Crippen molar-refractivity contribution in [2.45, 2.75) is 69.8 Å². The van der Waals surface area contributed by atoms with Crippen LogP contribution in [0.25, 0.3) is 10.9 Å². The standard InChI is InChI=1S/C30H44N6O6S/c1-20(2)36-27-8-6-5-7-21(27)15-26(29(36)38)28(37)32-22-16-23-9-10-24(17-22)35(23)19-25(42-30(39)31-3)18-33-11-13-34(14-12-33)43(4,40)41/h5-8,15,20,22-25H,9-14,16-19H2,1-4H3,(H,31,39)(H,32,37)/t22?,23?,24?,25-/m1/s1. The number of hydrogen-bond donors (Lipinski definition) is 2. The zero-order valence-electron chi connectivity index (χ0n) is 25.5. The van der Waals surface area contributed by atoms with Crippen molar-refractivity contribution in [3.63, 3.8) is 0 Å².